The highest BCUT2D eigenvalue weighted by Gasteiger charge is 2.28. The van der Waals surface area contributed by atoms with Crippen LogP contribution >= 0.6 is 24.0 Å². The second kappa shape index (κ2) is 11.8. The fourth-order valence-corrected chi connectivity index (χ4v) is 4.00. The summed E-state index contributed by atoms with van der Waals surface area (Å²) in [4.78, 5) is 32.0. The van der Waals surface area contributed by atoms with E-state index in [1.165, 1.54) is 0 Å². The normalized spacial score (nSPS) is 23.2. The summed E-state index contributed by atoms with van der Waals surface area (Å²) < 4.78 is 5.51. The number of guanidine groups is 1. The number of aliphatic imine (C=N–C) groups is 1. The van der Waals surface area contributed by atoms with Crippen LogP contribution in [-0.2, 0) is 9.53 Å². The van der Waals surface area contributed by atoms with Crippen LogP contribution in [0.15, 0.2) is 4.99 Å². The van der Waals surface area contributed by atoms with Crippen molar-refractivity contribution in [3.05, 3.63) is 0 Å². The number of rotatable bonds is 4. The molecule has 29 heavy (non-hydrogen) atoms. The first-order valence-electron chi connectivity index (χ1n) is 10.4. The molecule has 0 saturated carbocycles. The molecule has 2 aliphatic heterocycles. The second-order valence-electron chi connectivity index (χ2n) is 8.99. The summed E-state index contributed by atoms with van der Waals surface area (Å²) >= 11 is 0. The highest BCUT2D eigenvalue weighted by molar-refractivity contribution is 14.0. The lowest BCUT2D eigenvalue weighted by atomic mass is 9.94. The van der Waals surface area contributed by atoms with Gasteiger partial charge in [-0.3, -0.25) is 9.79 Å². The van der Waals surface area contributed by atoms with Gasteiger partial charge in [0.05, 0.1) is 0 Å². The van der Waals surface area contributed by atoms with Crippen molar-refractivity contribution in [3.8, 4) is 0 Å². The van der Waals surface area contributed by atoms with E-state index in [2.05, 4.69) is 15.2 Å². The molecule has 2 aliphatic rings. The molecule has 2 atom stereocenters. The molecule has 3 N–H and O–H groups in total. The SMILES string of the molecule is CN=C(NCC1CCCN(C(=O)OC(C)(C)C)C1)N1CCCC(CC(N)=O)C1.I. The number of hydrogen-bond acceptors (Lipinski definition) is 4. The molecular weight excluding hydrogens is 485 g/mol. The van der Waals surface area contributed by atoms with Gasteiger partial charge in [0, 0.05) is 46.2 Å². The predicted molar refractivity (Wildman–Crippen MR) is 125 cm³/mol. The summed E-state index contributed by atoms with van der Waals surface area (Å²) in [5.74, 6) is 1.29. The van der Waals surface area contributed by atoms with Gasteiger partial charge in [0.1, 0.15) is 5.60 Å². The molecule has 8 nitrogen and oxygen atoms in total. The van der Waals surface area contributed by atoms with Crippen molar-refractivity contribution >= 4 is 41.9 Å². The number of ether oxygens (including phenoxy) is 1. The average molecular weight is 523 g/mol. The molecule has 2 unspecified atom stereocenters. The van der Waals surface area contributed by atoms with Crippen molar-refractivity contribution in [1.29, 1.82) is 0 Å². The van der Waals surface area contributed by atoms with Gasteiger partial charge in [-0.1, -0.05) is 0 Å². The van der Waals surface area contributed by atoms with Crippen LogP contribution in [-0.4, -0.2) is 73.1 Å². The van der Waals surface area contributed by atoms with Crippen molar-refractivity contribution in [3.63, 3.8) is 0 Å². The lowest BCUT2D eigenvalue weighted by molar-refractivity contribution is -0.119. The highest BCUT2D eigenvalue weighted by Crippen LogP contribution is 2.21. The third-order valence-electron chi connectivity index (χ3n) is 5.24. The number of nitrogens with one attached hydrogen (secondary N) is 1. The lowest BCUT2D eigenvalue weighted by Gasteiger charge is -2.37. The van der Waals surface area contributed by atoms with Crippen LogP contribution in [0, 0.1) is 11.8 Å². The van der Waals surface area contributed by atoms with E-state index in [0.29, 0.717) is 24.8 Å². The summed E-state index contributed by atoms with van der Waals surface area (Å²) in [5, 5.41) is 3.47. The van der Waals surface area contributed by atoms with Crippen LogP contribution in [0.2, 0.25) is 0 Å². The summed E-state index contributed by atoms with van der Waals surface area (Å²) in [6.07, 6.45) is 4.33. The van der Waals surface area contributed by atoms with Crippen LogP contribution in [0.25, 0.3) is 0 Å². The van der Waals surface area contributed by atoms with Gasteiger partial charge < -0.3 is 25.6 Å². The van der Waals surface area contributed by atoms with Gasteiger partial charge in [-0.25, -0.2) is 4.79 Å². The summed E-state index contributed by atoms with van der Waals surface area (Å²) in [6.45, 7) is 9.63. The van der Waals surface area contributed by atoms with Crippen LogP contribution in [0.4, 0.5) is 4.79 Å². The van der Waals surface area contributed by atoms with Crippen LogP contribution in [0.5, 0.6) is 0 Å². The monoisotopic (exact) mass is 523 g/mol. The Morgan fingerprint density at radius 1 is 1.10 bits per heavy atom. The summed E-state index contributed by atoms with van der Waals surface area (Å²) in [7, 11) is 1.79. The molecule has 0 aromatic heterocycles. The van der Waals surface area contributed by atoms with E-state index in [1.807, 2.05) is 25.7 Å². The minimum Gasteiger partial charge on any atom is -0.444 e. The van der Waals surface area contributed by atoms with Gasteiger partial charge in [0.25, 0.3) is 0 Å². The van der Waals surface area contributed by atoms with Gasteiger partial charge in [0.2, 0.25) is 5.91 Å². The number of hydrogen-bond donors (Lipinski definition) is 2. The molecule has 2 amide bonds. The van der Waals surface area contributed by atoms with Gasteiger partial charge in [-0.2, -0.15) is 0 Å². The van der Waals surface area contributed by atoms with E-state index in [0.717, 1.165) is 57.8 Å². The third kappa shape index (κ3) is 8.96. The number of carbonyl (C=O) groups is 2. The minimum atomic E-state index is -0.472. The molecule has 168 valence electrons. The van der Waals surface area contributed by atoms with Crippen LogP contribution < -0.4 is 11.1 Å². The summed E-state index contributed by atoms with van der Waals surface area (Å²) in [5.41, 5.74) is 4.89. The largest absolute Gasteiger partial charge is 0.444 e. The molecule has 2 rings (SSSR count). The molecule has 0 spiro atoms. The van der Waals surface area contributed by atoms with E-state index in [1.54, 1.807) is 7.05 Å². The van der Waals surface area contributed by atoms with E-state index >= 15 is 0 Å². The second-order valence-corrected chi connectivity index (χ2v) is 8.99. The first kappa shape index (κ1) is 25.8. The number of likely N-dealkylation sites (tertiary alicyclic amines) is 2. The van der Waals surface area contributed by atoms with Gasteiger partial charge in [0.15, 0.2) is 5.96 Å². The molecule has 9 heteroatoms. The lowest BCUT2D eigenvalue weighted by Crippen LogP contribution is -2.50. The Hall–Kier alpha value is -1.26. The topological polar surface area (TPSA) is 100 Å². The zero-order chi connectivity index (χ0) is 20.7. The smallest absolute Gasteiger partial charge is 0.410 e. The van der Waals surface area contributed by atoms with E-state index in [4.69, 9.17) is 10.5 Å². The molecule has 2 saturated heterocycles. The molecule has 2 heterocycles. The van der Waals surface area contributed by atoms with Crippen LogP contribution in [0.3, 0.4) is 0 Å². The quantitative estimate of drug-likeness (QED) is 0.335. The number of piperidine rings is 2. The van der Waals surface area contributed by atoms with Crippen molar-refractivity contribution in [2.75, 3.05) is 39.8 Å². The van der Waals surface area contributed by atoms with Gasteiger partial charge in [-0.15, -0.1) is 24.0 Å². The van der Waals surface area contributed by atoms with Gasteiger partial charge >= 0.3 is 6.09 Å². The number of nitrogens with zero attached hydrogens (tertiary/aromatic N) is 3. The maximum absolute atomic E-state index is 12.3. The Morgan fingerprint density at radius 2 is 1.69 bits per heavy atom. The van der Waals surface area contributed by atoms with E-state index in [9.17, 15) is 9.59 Å². The fourth-order valence-electron chi connectivity index (χ4n) is 4.00. The minimum absolute atomic E-state index is 0. The van der Waals surface area contributed by atoms with Crippen molar-refractivity contribution in [2.45, 2.75) is 58.5 Å². The number of primary amides is 1. The first-order valence-corrected chi connectivity index (χ1v) is 10.4. The Bertz CT molecular complexity index is 579. The van der Waals surface area contributed by atoms with Crippen molar-refractivity contribution < 1.29 is 14.3 Å². The number of halogens is 1. The predicted octanol–water partition coefficient (Wildman–Crippen LogP) is 2.41. The van der Waals surface area contributed by atoms with Gasteiger partial charge in [-0.05, 0) is 58.3 Å². The highest BCUT2D eigenvalue weighted by atomic mass is 127. The van der Waals surface area contributed by atoms with Crippen molar-refractivity contribution in [1.82, 2.24) is 15.1 Å². The molecule has 0 aliphatic carbocycles. The number of amides is 2. The maximum Gasteiger partial charge on any atom is 0.410 e. The third-order valence-corrected chi connectivity index (χ3v) is 5.24. The average Bonchev–Trinajstić information content (AvgIpc) is 2.61. The van der Waals surface area contributed by atoms with E-state index < -0.39 is 5.60 Å². The standard InChI is InChI=1S/C20H37N5O3.HI/c1-20(2,3)28-19(27)25-10-6-8-16(14-25)12-23-18(22-4)24-9-5-7-15(13-24)11-17(21)26;/h15-16H,5-14H2,1-4H3,(H2,21,26)(H,22,23);1H. The number of carbonyl (C=O) groups excluding carboxylic acids is 2. The first-order chi connectivity index (χ1) is 13.2. The summed E-state index contributed by atoms with van der Waals surface area (Å²) in [6, 6.07) is 0. The van der Waals surface area contributed by atoms with Crippen LogP contribution in [0.1, 0.15) is 52.9 Å². The Labute approximate surface area is 192 Å². The molecule has 0 aromatic rings. The molecular formula is C20H38IN5O3. The zero-order valence-corrected chi connectivity index (χ0v) is 20.6. The van der Waals surface area contributed by atoms with E-state index in [-0.39, 0.29) is 36.0 Å². The Balaban J connectivity index is 0.00000420. The molecule has 0 bridgehead atoms. The fraction of sp³-hybridized carbons (Fsp3) is 0.850. The Morgan fingerprint density at radius 3 is 2.28 bits per heavy atom. The maximum atomic E-state index is 12.3. The molecule has 2 fully saturated rings. The molecule has 0 radical (unpaired) electrons. The zero-order valence-electron chi connectivity index (χ0n) is 18.3. The number of nitrogens with two attached hydrogens (primary N) is 1. The molecule has 0 aromatic carbocycles. The Kier molecular flexibility index (Phi) is 10.5. The van der Waals surface area contributed by atoms with Crippen molar-refractivity contribution in [2.24, 2.45) is 22.6 Å².